The molecule has 0 atom stereocenters. The highest BCUT2D eigenvalue weighted by Gasteiger charge is 2.17. The third kappa shape index (κ3) is 3.10. The van der Waals surface area contributed by atoms with Gasteiger partial charge in [0, 0.05) is 17.0 Å². The molecule has 2 heterocycles. The Morgan fingerprint density at radius 1 is 1.29 bits per heavy atom. The summed E-state index contributed by atoms with van der Waals surface area (Å²) in [6, 6.07) is 4.46. The van der Waals surface area contributed by atoms with E-state index in [1.807, 2.05) is 6.07 Å². The summed E-state index contributed by atoms with van der Waals surface area (Å²) in [7, 11) is 0. The number of rotatable bonds is 3. The van der Waals surface area contributed by atoms with Gasteiger partial charge < -0.3 is 15.1 Å². The molecule has 112 valence electrons. The lowest BCUT2D eigenvalue weighted by atomic mass is 10.0. The summed E-state index contributed by atoms with van der Waals surface area (Å²) >= 11 is 0. The zero-order valence-electron chi connectivity index (χ0n) is 12.7. The standard InChI is InChI=1S/C17H22N2O2/c1-11-7-15-13(10-21-16(15)8-12(11)2)9-17(20)19-14-3-5-18-6-4-14/h7-8,10,14,18H,3-6,9H2,1-2H3,(H,19,20). The molecular weight excluding hydrogens is 264 g/mol. The van der Waals surface area contributed by atoms with Gasteiger partial charge in [-0.1, -0.05) is 0 Å². The molecule has 2 aromatic rings. The van der Waals surface area contributed by atoms with Crippen molar-refractivity contribution in [2.75, 3.05) is 13.1 Å². The van der Waals surface area contributed by atoms with E-state index in [2.05, 4.69) is 30.5 Å². The number of nitrogens with one attached hydrogen (secondary N) is 2. The van der Waals surface area contributed by atoms with E-state index in [-0.39, 0.29) is 5.91 Å². The molecule has 0 saturated carbocycles. The molecule has 1 aromatic carbocycles. The number of amides is 1. The van der Waals surface area contributed by atoms with Crippen LogP contribution in [0.15, 0.2) is 22.8 Å². The molecule has 1 fully saturated rings. The lowest BCUT2D eigenvalue weighted by molar-refractivity contribution is -0.121. The molecule has 0 bridgehead atoms. The summed E-state index contributed by atoms with van der Waals surface area (Å²) in [5.74, 6) is 0.0860. The number of aryl methyl sites for hydroxylation is 2. The van der Waals surface area contributed by atoms with E-state index in [0.717, 1.165) is 42.5 Å². The summed E-state index contributed by atoms with van der Waals surface area (Å²) in [6.45, 7) is 6.12. The van der Waals surface area contributed by atoms with Crippen LogP contribution in [0.2, 0.25) is 0 Å². The van der Waals surface area contributed by atoms with Crippen LogP contribution in [0.3, 0.4) is 0 Å². The Morgan fingerprint density at radius 3 is 2.76 bits per heavy atom. The zero-order chi connectivity index (χ0) is 14.8. The minimum Gasteiger partial charge on any atom is -0.464 e. The smallest absolute Gasteiger partial charge is 0.224 e. The second kappa shape index (κ2) is 5.90. The third-order valence-electron chi connectivity index (χ3n) is 4.33. The molecule has 4 nitrogen and oxygen atoms in total. The van der Waals surface area contributed by atoms with Crippen LogP contribution in [-0.2, 0) is 11.2 Å². The van der Waals surface area contributed by atoms with Gasteiger partial charge in [0.25, 0.3) is 0 Å². The van der Waals surface area contributed by atoms with E-state index in [0.29, 0.717) is 12.5 Å². The summed E-state index contributed by atoms with van der Waals surface area (Å²) in [6.07, 6.45) is 4.12. The largest absolute Gasteiger partial charge is 0.464 e. The number of carbonyl (C=O) groups is 1. The predicted molar refractivity (Wildman–Crippen MR) is 83.4 cm³/mol. The van der Waals surface area contributed by atoms with Crippen LogP contribution in [0.25, 0.3) is 11.0 Å². The van der Waals surface area contributed by atoms with Gasteiger partial charge in [-0.15, -0.1) is 0 Å². The molecular formula is C17H22N2O2. The van der Waals surface area contributed by atoms with Crippen molar-refractivity contribution in [1.29, 1.82) is 0 Å². The van der Waals surface area contributed by atoms with Crippen molar-refractivity contribution in [3.8, 4) is 0 Å². The van der Waals surface area contributed by atoms with Crippen LogP contribution < -0.4 is 10.6 Å². The monoisotopic (exact) mass is 286 g/mol. The maximum absolute atomic E-state index is 12.2. The highest BCUT2D eigenvalue weighted by Crippen LogP contribution is 2.25. The Labute approximate surface area is 124 Å². The Kier molecular flexibility index (Phi) is 3.97. The maximum atomic E-state index is 12.2. The first-order valence-electron chi connectivity index (χ1n) is 7.61. The second-order valence-corrected chi connectivity index (χ2v) is 5.96. The lowest BCUT2D eigenvalue weighted by Crippen LogP contribution is -2.43. The van der Waals surface area contributed by atoms with Crippen molar-refractivity contribution in [3.63, 3.8) is 0 Å². The second-order valence-electron chi connectivity index (χ2n) is 5.96. The number of hydrogen-bond donors (Lipinski definition) is 2. The topological polar surface area (TPSA) is 54.3 Å². The van der Waals surface area contributed by atoms with E-state index < -0.39 is 0 Å². The van der Waals surface area contributed by atoms with Gasteiger partial charge in [-0.25, -0.2) is 0 Å². The molecule has 1 aromatic heterocycles. The number of fused-ring (bicyclic) bond motifs is 1. The maximum Gasteiger partial charge on any atom is 0.224 e. The number of carbonyl (C=O) groups excluding carboxylic acids is 1. The van der Waals surface area contributed by atoms with Crippen LogP contribution in [0.5, 0.6) is 0 Å². The molecule has 3 rings (SSSR count). The molecule has 4 heteroatoms. The fourth-order valence-electron chi connectivity index (χ4n) is 2.89. The van der Waals surface area contributed by atoms with Crippen molar-refractivity contribution in [2.24, 2.45) is 0 Å². The minimum atomic E-state index is 0.0860. The van der Waals surface area contributed by atoms with E-state index >= 15 is 0 Å². The van der Waals surface area contributed by atoms with Gasteiger partial charge in [0.2, 0.25) is 5.91 Å². The highest BCUT2D eigenvalue weighted by atomic mass is 16.3. The SMILES string of the molecule is Cc1cc2occ(CC(=O)NC3CCNCC3)c2cc1C. The third-order valence-corrected chi connectivity index (χ3v) is 4.33. The molecule has 2 N–H and O–H groups in total. The molecule has 1 amide bonds. The summed E-state index contributed by atoms with van der Waals surface area (Å²) < 4.78 is 5.59. The van der Waals surface area contributed by atoms with Crippen LogP contribution in [-0.4, -0.2) is 25.0 Å². The predicted octanol–water partition coefficient (Wildman–Crippen LogP) is 2.46. The van der Waals surface area contributed by atoms with Crippen LogP contribution in [0, 0.1) is 13.8 Å². The average molecular weight is 286 g/mol. The molecule has 0 spiro atoms. The molecule has 1 aliphatic heterocycles. The molecule has 1 saturated heterocycles. The van der Waals surface area contributed by atoms with Gasteiger partial charge in [0.05, 0.1) is 12.7 Å². The normalized spacial score (nSPS) is 16.3. The van der Waals surface area contributed by atoms with Gasteiger partial charge >= 0.3 is 0 Å². The molecule has 1 aliphatic rings. The van der Waals surface area contributed by atoms with Crippen molar-refractivity contribution < 1.29 is 9.21 Å². The summed E-state index contributed by atoms with van der Waals surface area (Å²) in [5, 5.41) is 7.48. The first kappa shape index (κ1) is 14.1. The zero-order valence-corrected chi connectivity index (χ0v) is 12.7. The first-order chi connectivity index (χ1) is 10.1. The van der Waals surface area contributed by atoms with Gasteiger partial charge in [0.1, 0.15) is 5.58 Å². The Hall–Kier alpha value is -1.81. The van der Waals surface area contributed by atoms with E-state index in [4.69, 9.17) is 4.42 Å². The van der Waals surface area contributed by atoms with Crippen LogP contribution in [0.1, 0.15) is 29.5 Å². The summed E-state index contributed by atoms with van der Waals surface area (Å²) in [5.41, 5.74) is 4.27. The van der Waals surface area contributed by atoms with Crippen LogP contribution >= 0.6 is 0 Å². The first-order valence-corrected chi connectivity index (χ1v) is 7.61. The Bertz CT molecular complexity index is 654. The molecule has 0 radical (unpaired) electrons. The van der Waals surface area contributed by atoms with Crippen LogP contribution in [0.4, 0.5) is 0 Å². The fourth-order valence-corrected chi connectivity index (χ4v) is 2.89. The Balaban J connectivity index is 1.72. The molecule has 21 heavy (non-hydrogen) atoms. The van der Waals surface area contributed by atoms with E-state index in [1.165, 1.54) is 11.1 Å². The minimum absolute atomic E-state index is 0.0860. The van der Waals surface area contributed by atoms with E-state index in [1.54, 1.807) is 6.26 Å². The quantitative estimate of drug-likeness (QED) is 0.911. The van der Waals surface area contributed by atoms with Crippen molar-refractivity contribution in [2.45, 2.75) is 39.2 Å². The van der Waals surface area contributed by atoms with Gasteiger partial charge in [-0.2, -0.15) is 0 Å². The van der Waals surface area contributed by atoms with Crippen molar-refractivity contribution >= 4 is 16.9 Å². The van der Waals surface area contributed by atoms with Gasteiger partial charge in [-0.05, 0) is 63.0 Å². The number of furan rings is 1. The molecule has 0 unspecified atom stereocenters. The number of piperidine rings is 1. The fraction of sp³-hybridized carbons (Fsp3) is 0.471. The Morgan fingerprint density at radius 2 is 2.00 bits per heavy atom. The summed E-state index contributed by atoms with van der Waals surface area (Å²) in [4.78, 5) is 12.2. The molecule has 0 aliphatic carbocycles. The average Bonchev–Trinajstić information content (AvgIpc) is 2.83. The van der Waals surface area contributed by atoms with Crippen molar-refractivity contribution in [1.82, 2.24) is 10.6 Å². The highest BCUT2D eigenvalue weighted by molar-refractivity contribution is 5.88. The number of benzene rings is 1. The van der Waals surface area contributed by atoms with Gasteiger partial charge in [0.15, 0.2) is 0 Å². The lowest BCUT2D eigenvalue weighted by Gasteiger charge is -2.23. The number of hydrogen-bond acceptors (Lipinski definition) is 3. The van der Waals surface area contributed by atoms with Crippen molar-refractivity contribution in [3.05, 3.63) is 35.1 Å². The van der Waals surface area contributed by atoms with E-state index in [9.17, 15) is 4.79 Å². The van der Waals surface area contributed by atoms with Gasteiger partial charge in [-0.3, -0.25) is 4.79 Å².